The maximum atomic E-state index is 14.7. The number of hydrogen-bond donors (Lipinski definition) is 2. The number of likely N-dealkylation sites (tertiary alicyclic amines) is 1. The van der Waals surface area contributed by atoms with Crippen molar-refractivity contribution in [3.05, 3.63) is 23.3 Å². The lowest BCUT2D eigenvalue weighted by molar-refractivity contribution is -0.203. The van der Waals surface area contributed by atoms with E-state index in [0.717, 1.165) is 148 Å². The summed E-state index contributed by atoms with van der Waals surface area (Å²) in [5.74, 6) is 1.09. The molecule has 1 amide bonds. The molecule has 540 valence electrons. The Kier molecular flexibility index (Phi) is 20.8. The lowest BCUT2D eigenvalue weighted by Crippen LogP contribution is -2.67. The second-order valence-electron chi connectivity index (χ2n) is 37.3. The average Bonchev–Trinajstić information content (AvgIpc) is 0.698. The predicted molar refractivity (Wildman–Crippen MR) is 372 cm³/mol. The van der Waals surface area contributed by atoms with Crippen molar-refractivity contribution in [2.24, 2.45) is 100 Å². The number of allylic oxidation sites excluding steroid dienone is 4. The minimum atomic E-state index is -0.595. The first kappa shape index (κ1) is 74.7. The molecule has 15 heteroatoms. The van der Waals surface area contributed by atoms with Crippen molar-refractivity contribution in [1.29, 1.82) is 0 Å². The van der Waals surface area contributed by atoms with Crippen LogP contribution >= 0.6 is 0 Å². The van der Waals surface area contributed by atoms with E-state index in [4.69, 9.17) is 23.7 Å². The minimum absolute atomic E-state index is 0.00536. The Morgan fingerprint density at radius 2 is 1.00 bits per heavy atom. The van der Waals surface area contributed by atoms with E-state index in [1.54, 1.807) is 11.8 Å². The maximum absolute atomic E-state index is 14.7. The number of carbonyl (C=O) groups excluding carboxylic acids is 7. The number of amides is 1. The number of ether oxygens (including phenoxy) is 5. The molecule has 11 fully saturated rings. The molecule has 3 aliphatic heterocycles. The molecule has 10 aliphatic carbocycles. The fourth-order valence-electron chi connectivity index (χ4n) is 24.8. The van der Waals surface area contributed by atoms with Gasteiger partial charge in [0.15, 0.2) is 11.6 Å². The number of aliphatic hydroxyl groups is 1. The highest BCUT2D eigenvalue weighted by Gasteiger charge is 2.73. The number of aliphatic hydroxyl groups excluding tert-OH is 1. The van der Waals surface area contributed by atoms with E-state index in [2.05, 4.69) is 108 Å². The number of esters is 3. The first-order valence-corrected chi connectivity index (χ1v) is 38.0. The highest BCUT2D eigenvalue weighted by atomic mass is 16.6. The Hall–Kier alpha value is -3.95. The van der Waals surface area contributed by atoms with Gasteiger partial charge in [0.2, 0.25) is 0 Å². The molecule has 2 N–H and O–H groups in total. The Balaban J connectivity index is 0.000000177. The zero-order valence-electron chi connectivity index (χ0n) is 62.9. The molecule has 0 spiro atoms. The number of rotatable bonds is 5. The summed E-state index contributed by atoms with van der Waals surface area (Å²) < 4.78 is 26.8. The van der Waals surface area contributed by atoms with Gasteiger partial charge < -0.3 is 34.1 Å². The quantitative estimate of drug-likeness (QED) is 0.194. The number of nitrogens with one attached hydrogen (secondary N) is 1. The molecule has 20 atom stereocenters. The highest BCUT2D eigenvalue weighted by molar-refractivity contribution is 5.96. The molecule has 15 nitrogen and oxygen atoms in total. The van der Waals surface area contributed by atoms with Gasteiger partial charge in [-0.1, -0.05) is 101 Å². The first-order valence-electron chi connectivity index (χ1n) is 38.0. The third kappa shape index (κ3) is 12.2. The largest absolute Gasteiger partial charge is 0.469 e. The summed E-state index contributed by atoms with van der Waals surface area (Å²) in [5.41, 5.74) is 0.492. The van der Waals surface area contributed by atoms with Crippen molar-refractivity contribution in [1.82, 2.24) is 10.2 Å². The summed E-state index contributed by atoms with van der Waals surface area (Å²) in [5, 5.41) is 14.1. The summed E-state index contributed by atoms with van der Waals surface area (Å²) in [7, 11) is 4.36. The number of Topliss-reactive ketones (excluding diaryl/α,β-unsaturated/α-hetero) is 1. The Morgan fingerprint density at radius 3 is 1.43 bits per heavy atom. The number of ketones is 3. The molecule has 0 aromatic rings. The summed E-state index contributed by atoms with van der Waals surface area (Å²) in [6, 6.07) is -0.430. The van der Waals surface area contributed by atoms with Crippen molar-refractivity contribution in [3.63, 3.8) is 0 Å². The number of carbonyl (C=O) groups is 7. The van der Waals surface area contributed by atoms with Crippen molar-refractivity contribution < 1.29 is 62.4 Å². The van der Waals surface area contributed by atoms with Crippen molar-refractivity contribution in [2.45, 2.75) is 295 Å². The molecule has 0 aromatic carbocycles. The van der Waals surface area contributed by atoms with Crippen LogP contribution in [0.5, 0.6) is 0 Å². The van der Waals surface area contributed by atoms with Crippen LogP contribution < -0.4 is 5.32 Å². The monoisotopic (exact) mass is 1340 g/mol. The van der Waals surface area contributed by atoms with Gasteiger partial charge in [-0.25, -0.2) is 9.59 Å². The Bertz CT molecular complexity index is 3040. The minimum Gasteiger partial charge on any atom is -0.469 e. The van der Waals surface area contributed by atoms with Gasteiger partial charge in [-0.05, 0) is 272 Å². The average molecular weight is 1340 g/mol. The number of piperidine rings is 2. The van der Waals surface area contributed by atoms with Gasteiger partial charge in [-0.15, -0.1) is 0 Å². The van der Waals surface area contributed by atoms with Crippen LogP contribution in [0.25, 0.3) is 0 Å². The van der Waals surface area contributed by atoms with Gasteiger partial charge in [0.1, 0.15) is 17.9 Å². The van der Waals surface area contributed by atoms with Crippen molar-refractivity contribution >= 4 is 41.4 Å². The van der Waals surface area contributed by atoms with Crippen LogP contribution in [0, 0.1) is 100 Å². The summed E-state index contributed by atoms with van der Waals surface area (Å²) in [6.07, 6.45) is 28.3. The van der Waals surface area contributed by atoms with Gasteiger partial charge in [-0.3, -0.25) is 28.9 Å². The van der Waals surface area contributed by atoms with Gasteiger partial charge in [-0.2, -0.15) is 0 Å². The number of nitrogens with zero attached hydrogens (tertiary/aromatic N) is 1. The zero-order chi connectivity index (χ0) is 70.4. The fourth-order valence-corrected chi connectivity index (χ4v) is 24.8. The predicted octanol–water partition coefficient (Wildman–Crippen LogP) is 15.7. The second-order valence-corrected chi connectivity index (χ2v) is 37.3. The molecule has 3 heterocycles. The number of hydrogen-bond acceptors (Lipinski definition) is 14. The van der Waals surface area contributed by atoms with Crippen LogP contribution in [-0.2, 0) is 52.5 Å². The second kappa shape index (κ2) is 26.8. The number of fused-ring (bicyclic) bond motifs is 14. The van der Waals surface area contributed by atoms with Gasteiger partial charge in [0.25, 0.3) is 0 Å². The lowest BCUT2D eigenvalue weighted by Gasteiger charge is -2.70. The van der Waals surface area contributed by atoms with Gasteiger partial charge in [0, 0.05) is 37.0 Å². The third-order valence-corrected chi connectivity index (χ3v) is 31.5. The van der Waals surface area contributed by atoms with Gasteiger partial charge >= 0.3 is 24.0 Å². The van der Waals surface area contributed by atoms with Crippen LogP contribution in [0.1, 0.15) is 271 Å². The van der Waals surface area contributed by atoms with Crippen molar-refractivity contribution in [3.8, 4) is 0 Å². The molecule has 3 saturated heterocycles. The van der Waals surface area contributed by atoms with E-state index >= 15 is 0 Å². The molecule has 0 aromatic heterocycles. The number of methoxy groups -OCH3 is 3. The maximum Gasteiger partial charge on any atom is 0.410 e. The smallest absolute Gasteiger partial charge is 0.410 e. The Morgan fingerprint density at radius 1 is 0.531 bits per heavy atom. The molecular weight excluding hydrogens is 1210 g/mol. The molecule has 8 saturated carbocycles. The SMILES string of the molecule is C1CCOC1.CC(=O)C1CCCCN1.COC(=O)C1CCCCN1C(=O)O[C@H]1CC[C@]2(C)[C@H]3C(=O)C=C4C5C[C@@](C)(C(=O)OC)CC[C@]5(C)CC[C@@]4(C)[C@]3(C)CC[C@H]2C1(C)C.COC(=O)[C@@]1(C)CC[C@]2(C)CC[C@]3(C)C(=CC(=O)[C@@H]4[C@@]5(C)CC[C@H](O)C(C)(C)[C@@H]5CC[C@]43C)C2C1. The van der Waals surface area contributed by atoms with E-state index in [9.17, 15) is 38.7 Å². The highest BCUT2D eigenvalue weighted by Crippen LogP contribution is 2.78. The summed E-state index contributed by atoms with van der Waals surface area (Å²) >= 11 is 0. The standard InChI is InChI=1S/C39H59NO7.C31H48O4.C7H13NO.C4H8O/c1-34(2)28-13-16-39(7)30(37(28,5)15-14-29(34)47-33(44)40-21-11-10-12-26(40)31(42)45-8)27(41)22-24-25-23-36(4,32(43)46-9)18-17-35(25,3)19-20-38(24,39)6;1-26(2)22-9-12-31(7)24(29(22,5)11-10-23(26)33)21(32)17-19-20-18-28(4,25(34)35-8)14-13-27(20,3)15-16-30(19,31)6;1-6(9)7-4-2-3-5-8-7;1-2-4-5-3-1/h22,25-26,28-30H,10-21,23H2,1-9H3;17,20,22-24,33H,9-16,18H2,1-8H3;7-8H,2-5H2,1H3;1-4H2/t25?,26?,28-,29-,30+,35+,36-,37-,38+,39+;20?,22-,23-,24+,27+,28-,29-,30+,31+;;/m00../s1. The fraction of sp³-hybridized carbons (Fsp3) is 0.864. The molecule has 96 heavy (non-hydrogen) atoms. The molecule has 0 bridgehead atoms. The van der Waals surface area contributed by atoms with Crippen LogP contribution in [0.4, 0.5) is 4.79 Å². The third-order valence-electron chi connectivity index (χ3n) is 31.5. The summed E-state index contributed by atoms with van der Waals surface area (Å²) in [6.45, 7) is 37.4. The van der Waals surface area contributed by atoms with Crippen LogP contribution in [0.15, 0.2) is 23.3 Å². The van der Waals surface area contributed by atoms with Crippen LogP contribution in [0.2, 0.25) is 0 Å². The molecule has 4 unspecified atom stereocenters. The van der Waals surface area contributed by atoms with Crippen LogP contribution in [0.3, 0.4) is 0 Å². The van der Waals surface area contributed by atoms with E-state index < -0.39 is 23.0 Å². The topological polar surface area (TPSA) is 201 Å². The van der Waals surface area contributed by atoms with Crippen molar-refractivity contribution in [2.75, 3.05) is 47.6 Å². The van der Waals surface area contributed by atoms with E-state index in [0.29, 0.717) is 31.1 Å². The van der Waals surface area contributed by atoms with E-state index in [1.807, 2.05) is 6.08 Å². The molecular formula is C81H128N2O13. The summed E-state index contributed by atoms with van der Waals surface area (Å²) in [4.78, 5) is 93.2. The first-order chi connectivity index (χ1) is 44.8. The normalized spacial score (nSPS) is 45.5. The zero-order valence-corrected chi connectivity index (χ0v) is 62.9. The van der Waals surface area contributed by atoms with Gasteiger partial charge in [0.05, 0.1) is 44.3 Å². The lowest BCUT2D eigenvalue weighted by atomic mass is 9.33. The van der Waals surface area contributed by atoms with E-state index in [-0.39, 0.29) is 131 Å². The molecule has 13 aliphatic rings. The molecule has 0 radical (unpaired) electrons. The van der Waals surface area contributed by atoms with E-state index in [1.165, 1.54) is 58.2 Å². The van der Waals surface area contributed by atoms with Crippen LogP contribution in [-0.4, -0.2) is 123 Å². The molecule has 13 rings (SSSR count). The Labute approximate surface area is 577 Å².